The Morgan fingerprint density at radius 3 is 2.61 bits per heavy atom. The number of halogens is 1. The SMILES string of the molecule is Cl.N[C@@H](C[C@@H]1CCNC1=O)C(=O)CCP(=O)(O)c1ccccc1. The third-order valence-electron chi connectivity index (χ3n) is 3.94. The van der Waals surface area contributed by atoms with Crippen molar-refractivity contribution < 1.29 is 19.0 Å². The van der Waals surface area contributed by atoms with Crippen LogP contribution in [0.2, 0.25) is 0 Å². The van der Waals surface area contributed by atoms with Crippen LogP contribution in [0, 0.1) is 5.92 Å². The van der Waals surface area contributed by atoms with Gasteiger partial charge in [0.2, 0.25) is 13.3 Å². The van der Waals surface area contributed by atoms with E-state index in [-0.39, 0.29) is 42.6 Å². The summed E-state index contributed by atoms with van der Waals surface area (Å²) in [4.78, 5) is 33.5. The van der Waals surface area contributed by atoms with Crippen LogP contribution in [0.3, 0.4) is 0 Å². The van der Waals surface area contributed by atoms with Crippen LogP contribution in [-0.4, -0.2) is 35.3 Å². The monoisotopic (exact) mass is 360 g/mol. The van der Waals surface area contributed by atoms with Gasteiger partial charge in [-0.2, -0.15) is 0 Å². The highest BCUT2D eigenvalue weighted by molar-refractivity contribution is 7.66. The van der Waals surface area contributed by atoms with E-state index in [0.717, 1.165) is 0 Å². The van der Waals surface area contributed by atoms with Gasteiger partial charge in [-0.25, -0.2) is 0 Å². The molecule has 1 heterocycles. The minimum atomic E-state index is -3.54. The Bertz CT molecular complexity index is 596. The normalized spacial score (nSPS) is 21.0. The van der Waals surface area contributed by atoms with Gasteiger partial charge in [0.25, 0.3) is 0 Å². The zero-order valence-corrected chi connectivity index (χ0v) is 14.4. The van der Waals surface area contributed by atoms with E-state index in [1.165, 1.54) is 0 Å². The molecule has 0 saturated carbocycles. The molecule has 2 rings (SSSR count). The van der Waals surface area contributed by atoms with E-state index in [2.05, 4.69) is 5.32 Å². The molecule has 1 aromatic rings. The van der Waals surface area contributed by atoms with Crippen molar-refractivity contribution >= 4 is 36.8 Å². The van der Waals surface area contributed by atoms with Crippen molar-refractivity contribution in [1.29, 1.82) is 0 Å². The lowest BCUT2D eigenvalue weighted by Gasteiger charge is -2.15. The van der Waals surface area contributed by atoms with Crippen LogP contribution in [0.4, 0.5) is 0 Å². The van der Waals surface area contributed by atoms with E-state index in [0.29, 0.717) is 24.7 Å². The van der Waals surface area contributed by atoms with E-state index in [1.807, 2.05) is 0 Å². The number of rotatable bonds is 7. The second-order valence-electron chi connectivity index (χ2n) is 5.60. The van der Waals surface area contributed by atoms with Gasteiger partial charge in [-0.05, 0) is 25.0 Å². The van der Waals surface area contributed by atoms with Gasteiger partial charge in [0.05, 0.1) is 6.04 Å². The first-order valence-electron chi connectivity index (χ1n) is 7.33. The molecule has 1 fully saturated rings. The van der Waals surface area contributed by atoms with Gasteiger partial charge in [-0.15, -0.1) is 12.4 Å². The quantitative estimate of drug-likeness (QED) is 0.623. The Morgan fingerprint density at radius 2 is 2.04 bits per heavy atom. The largest absolute Gasteiger partial charge is 0.356 e. The lowest BCUT2D eigenvalue weighted by Crippen LogP contribution is -2.35. The van der Waals surface area contributed by atoms with Gasteiger partial charge in [0.15, 0.2) is 0 Å². The molecular formula is C15H22ClN2O4P. The second-order valence-corrected chi connectivity index (χ2v) is 7.96. The summed E-state index contributed by atoms with van der Waals surface area (Å²) < 4.78 is 12.2. The number of nitrogens with one attached hydrogen (secondary N) is 1. The number of nitrogens with two attached hydrogens (primary N) is 1. The van der Waals surface area contributed by atoms with Gasteiger partial charge in [-0.1, -0.05) is 18.2 Å². The molecule has 1 aromatic carbocycles. The molecule has 1 saturated heterocycles. The average molecular weight is 361 g/mol. The molecule has 0 aliphatic carbocycles. The third-order valence-corrected chi connectivity index (χ3v) is 5.87. The van der Waals surface area contributed by atoms with E-state index in [9.17, 15) is 19.0 Å². The summed E-state index contributed by atoms with van der Waals surface area (Å²) in [6.07, 6.45) is 0.798. The summed E-state index contributed by atoms with van der Waals surface area (Å²) in [5.41, 5.74) is 5.83. The Hall–Kier alpha value is -1.20. The molecule has 0 aromatic heterocycles. The molecule has 0 radical (unpaired) electrons. The minimum Gasteiger partial charge on any atom is -0.356 e. The molecule has 1 aliphatic rings. The number of carbonyl (C=O) groups excluding carboxylic acids is 2. The summed E-state index contributed by atoms with van der Waals surface area (Å²) in [5.74, 6) is -0.570. The van der Waals surface area contributed by atoms with Crippen LogP contribution in [0.15, 0.2) is 30.3 Å². The van der Waals surface area contributed by atoms with Crippen LogP contribution < -0.4 is 16.4 Å². The van der Waals surface area contributed by atoms with Crippen molar-refractivity contribution in [2.45, 2.75) is 25.3 Å². The maximum absolute atomic E-state index is 12.2. The van der Waals surface area contributed by atoms with E-state index >= 15 is 0 Å². The van der Waals surface area contributed by atoms with Crippen molar-refractivity contribution in [3.8, 4) is 0 Å². The summed E-state index contributed by atoms with van der Waals surface area (Å²) in [5, 5.41) is 3.04. The Balaban J connectivity index is 0.00000264. The molecule has 6 nitrogen and oxygen atoms in total. The molecule has 23 heavy (non-hydrogen) atoms. The van der Waals surface area contributed by atoms with Crippen molar-refractivity contribution in [1.82, 2.24) is 5.32 Å². The average Bonchev–Trinajstić information content (AvgIpc) is 2.91. The summed E-state index contributed by atoms with van der Waals surface area (Å²) in [6, 6.07) is 7.53. The van der Waals surface area contributed by atoms with Crippen LogP contribution in [0.5, 0.6) is 0 Å². The molecule has 4 N–H and O–H groups in total. The van der Waals surface area contributed by atoms with Crippen molar-refractivity contribution in [2.24, 2.45) is 11.7 Å². The van der Waals surface area contributed by atoms with E-state index in [1.54, 1.807) is 30.3 Å². The molecule has 1 unspecified atom stereocenters. The number of carbonyl (C=O) groups is 2. The van der Waals surface area contributed by atoms with Crippen molar-refractivity contribution in [3.05, 3.63) is 30.3 Å². The molecule has 1 amide bonds. The van der Waals surface area contributed by atoms with Crippen LogP contribution in [-0.2, 0) is 14.2 Å². The molecule has 0 spiro atoms. The summed E-state index contributed by atoms with van der Waals surface area (Å²) in [6.45, 7) is 0.615. The zero-order chi connectivity index (χ0) is 16.2. The van der Waals surface area contributed by atoms with E-state index < -0.39 is 13.4 Å². The van der Waals surface area contributed by atoms with Crippen LogP contribution in [0.25, 0.3) is 0 Å². The number of Topliss-reactive ketones (excluding diaryl/α,β-unsaturated/α-hetero) is 1. The number of amides is 1. The third kappa shape index (κ3) is 5.43. The first kappa shape index (κ1) is 19.8. The molecule has 8 heteroatoms. The van der Waals surface area contributed by atoms with Gasteiger partial charge >= 0.3 is 0 Å². The topological polar surface area (TPSA) is 109 Å². The second kappa shape index (κ2) is 8.60. The van der Waals surface area contributed by atoms with Crippen molar-refractivity contribution in [2.75, 3.05) is 12.7 Å². The molecule has 1 aliphatic heterocycles. The standard InChI is InChI=1S/C15H21N2O4P.ClH/c16-13(10-11-6-8-17-15(11)19)14(18)7-9-22(20,21)12-4-2-1-3-5-12;/h1-5,11,13H,6-10,16H2,(H,17,19)(H,20,21);1H/t11-,13-;/m0./s1. The zero-order valence-electron chi connectivity index (χ0n) is 12.7. The Labute approximate surface area is 141 Å². The first-order chi connectivity index (χ1) is 10.4. The fourth-order valence-corrected chi connectivity index (χ4v) is 3.96. The predicted molar refractivity (Wildman–Crippen MR) is 91.3 cm³/mol. The predicted octanol–water partition coefficient (Wildman–Crippen LogP) is 0.817. The Kier molecular flexibility index (Phi) is 7.42. The smallest absolute Gasteiger partial charge is 0.230 e. The number of hydrogen-bond donors (Lipinski definition) is 3. The fraction of sp³-hybridized carbons (Fsp3) is 0.467. The molecular weight excluding hydrogens is 339 g/mol. The van der Waals surface area contributed by atoms with E-state index in [4.69, 9.17) is 5.73 Å². The molecule has 3 atom stereocenters. The maximum Gasteiger partial charge on any atom is 0.230 e. The molecule has 0 bridgehead atoms. The van der Waals surface area contributed by atoms with Gasteiger partial charge in [0, 0.05) is 30.3 Å². The maximum atomic E-state index is 12.2. The van der Waals surface area contributed by atoms with Crippen LogP contribution >= 0.6 is 19.8 Å². The van der Waals surface area contributed by atoms with Gasteiger partial charge in [-0.3, -0.25) is 14.2 Å². The Morgan fingerprint density at radius 1 is 1.39 bits per heavy atom. The highest BCUT2D eigenvalue weighted by Crippen LogP contribution is 2.39. The van der Waals surface area contributed by atoms with Gasteiger partial charge < -0.3 is 15.9 Å². The van der Waals surface area contributed by atoms with Crippen molar-refractivity contribution in [3.63, 3.8) is 0 Å². The fourth-order valence-electron chi connectivity index (χ4n) is 2.55. The number of hydrogen-bond acceptors (Lipinski definition) is 4. The molecule has 128 valence electrons. The number of benzene rings is 1. The number of ketones is 1. The lowest BCUT2D eigenvalue weighted by molar-refractivity contribution is -0.123. The highest BCUT2D eigenvalue weighted by Gasteiger charge is 2.29. The lowest BCUT2D eigenvalue weighted by atomic mass is 9.96. The first-order valence-corrected chi connectivity index (χ1v) is 9.18. The summed E-state index contributed by atoms with van der Waals surface area (Å²) in [7, 11) is -3.54. The highest BCUT2D eigenvalue weighted by atomic mass is 35.5. The minimum absolute atomic E-state index is 0. The van der Waals surface area contributed by atoms with Crippen LogP contribution in [0.1, 0.15) is 19.3 Å². The van der Waals surface area contributed by atoms with Gasteiger partial charge in [0.1, 0.15) is 5.78 Å². The summed E-state index contributed by atoms with van der Waals surface area (Å²) >= 11 is 0.